The van der Waals surface area contributed by atoms with Gasteiger partial charge in [0.2, 0.25) is 5.91 Å². The molecule has 2 amide bonds. The van der Waals surface area contributed by atoms with Crippen molar-refractivity contribution in [3.05, 3.63) is 65.9 Å². The Bertz CT molecular complexity index is 1110. The van der Waals surface area contributed by atoms with Gasteiger partial charge in [-0.2, -0.15) is 0 Å². The Balaban J connectivity index is 1.80. The molecule has 162 valence electrons. The Morgan fingerprint density at radius 3 is 2.52 bits per heavy atom. The summed E-state index contributed by atoms with van der Waals surface area (Å²) >= 11 is 0. The number of amides is 2. The Hall–Kier alpha value is -3.08. The van der Waals surface area contributed by atoms with E-state index in [0.717, 1.165) is 29.4 Å². The Labute approximate surface area is 184 Å². The number of nitrogens with one attached hydrogen (secondary N) is 1. The molecule has 4 rings (SSSR count). The van der Waals surface area contributed by atoms with Crippen molar-refractivity contribution in [2.24, 2.45) is 5.92 Å². The van der Waals surface area contributed by atoms with Gasteiger partial charge in [-0.3, -0.25) is 14.5 Å². The van der Waals surface area contributed by atoms with Gasteiger partial charge in [-0.05, 0) is 55.5 Å². The molecule has 1 aromatic heterocycles. The molecule has 1 unspecified atom stereocenters. The minimum atomic E-state index is -1.03. The first-order chi connectivity index (χ1) is 14.8. The number of hydrogen-bond donors (Lipinski definition) is 1. The smallest absolute Gasteiger partial charge is 0.275 e. The second-order valence-corrected chi connectivity index (χ2v) is 9.05. The molecule has 0 aliphatic carbocycles. The number of nitrogens with zero attached hydrogens (tertiary/aromatic N) is 2. The van der Waals surface area contributed by atoms with Crippen LogP contribution < -0.4 is 10.2 Å². The van der Waals surface area contributed by atoms with E-state index in [1.165, 1.54) is 5.56 Å². The standard InChI is InChI=1S/C26H31N3O2/c1-5-19-10-12-21(13-11-19)29-24(30)23-16-20-8-6-7-9-22(20)28(23)17-26(29,4)25(31)27-15-14-18(2)3/h6-13,16,18H,5,14-15,17H2,1-4H3,(H,27,31). The average Bonchev–Trinajstić information content (AvgIpc) is 3.12. The number of fused-ring (bicyclic) bond motifs is 3. The minimum Gasteiger partial charge on any atom is -0.354 e. The lowest BCUT2D eigenvalue weighted by molar-refractivity contribution is -0.126. The highest BCUT2D eigenvalue weighted by atomic mass is 16.2. The molecule has 1 atom stereocenters. The number of anilines is 1. The molecule has 0 saturated heterocycles. The molecule has 5 heteroatoms. The van der Waals surface area contributed by atoms with Crippen LogP contribution in [0.2, 0.25) is 0 Å². The summed E-state index contributed by atoms with van der Waals surface area (Å²) < 4.78 is 2.00. The first kappa shape index (κ1) is 21.2. The highest BCUT2D eigenvalue weighted by Gasteiger charge is 2.48. The van der Waals surface area contributed by atoms with Crippen molar-refractivity contribution in [2.75, 3.05) is 11.4 Å². The Morgan fingerprint density at radius 1 is 1.13 bits per heavy atom. The van der Waals surface area contributed by atoms with Gasteiger partial charge in [-0.1, -0.05) is 51.1 Å². The van der Waals surface area contributed by atoms with Crippen molar-refractivity contribution in [1.82, 2.24) is 9.88 Å². The van der Waals surface area contributed by atoms with Crippen LogP contribution >= 0.6 is 0 Å². The van der Waals surface area contributed by atoms with E-state index in [2.05, 4.69) is 26.1 Å². The summed E-state index contributed by atoms with van der Waals surface area (Å²) in [5.74, 6) is 0.233. The molecule has 0 saturated carbocycles. The van der Waals surface area contributed by atoms with Crippen LogP contribution in [0.25, 0.3) is 10.9 Å². The summed E-state index contributed by atoms with van der Waals surface area (Å²) in [6.07, 6.45) is 1.83. The topological polar surface area (TPSA) is 54.3 Å². The third-order valence-electron chi connectivity index (χ3n) is 6.29. The van der Waals surface area contributed by atoms with E-state index in [0.29, 0.717) is 24.7 Å². The number of hydrogen-bond acceptors (Lipinski definition) is 2. The normalized spacial score (nSPS) is 18.5. The van der Waals surface area contributed by atoms with Crippen LogP contribution in [-0.2, 0) is 17.8 Å². The quantitative estimate of drug-likeness (QED) is 0.627. The van der Waals surface area contributed by atoms with Crippen molar-refractivity contribution in [3.8, 4) is 0 Å². The van der Waals surface area contributed by atoms with Gasteiger partial charge in [-0.25, -0.2) is 0 Å². The second-order valence-electron chi connectivity index (χ2n) is 9.05. The number of benzene rings is 2. The predicted octanol–water partition coefficient (Wildman–Crippen LogP) is 4.79. The van der Waals surface area contributed by atoms with Gasteiger partial charge in [0.25, 0.3) is 5.91 Å². The lowest BCUT2D eigenvalue weighted by Crippen LogP contribution is -2.64. The van der Waals surface area contributed by atoms with Gasteiger partial charge >= 0.3 is 0 Å². The molecule has 0 fully saturated rings. The summed E-state index contributed by atoms with van der Waals surface area (Å²) in [7, 11) is 0. The van der Waals surface area contributed by atoms with Gasteiger partial charge in [0.05, 0.1) is 6.54 Å². The Kier molecular flexibility index (Phi) is 5.61. The molecule has 1 aliphatic rings. The van der Waals surface area contributed by atoms with Crippen LogP contribution in [0, 0.1) is 5.92 Å². The lowest BCUT2D eigenvalue weighted by atomic mass is 9.93. The van der Waals surface area contributed by atoms with E-state index >= 15 is 0 Å². The van der Waals surface area contributed by atoms with E-state index in [1.807, 2.05) is 66.1 Å². The zero-order valence-electron chi connectivity index (χ0n) is 18.8. The molecule has 1 aliphatic heterocycles. The number of carbonyl (C=O) groups excluding carboxylic acids is 2. The first-order valence-corrected chi connectivity index (χ1v) is 11.1. The number of rotatable bonds is 6. The van der Waals surface area contributed by atoms with Gasteiger partial charge in [-0.15, -0.1) is 0 Å². The molecule has 1 N–H and O–H groups in total. The third kappa shape index (κ3) is 3.73. The molecular weight excluding hydrogens is 386 g/mol. The van der Waals surface area contributed by atoms with Crippen LogP contribution in [-0.4, -0.2) is 28.5 Å². The van der Waals surface area contributed by atoms with E-state index in [4.69, 9.17) is 0 Å². The average molecular weight is 418 g/mol. The molecular formula is C26H31N3O2. The molecule has 2 heterocycles. The fraction of sp³-hybridized carbons (Fsp3) is 0.385. The monoisotopic (exact) mass is 417 g/mol. The number of carbonyl (C=O) groups is 2. The molecule has 3 aromatic rings. The number of para-hydroxylation sites is 1. The predicted molar refractivity (Wildman–Crippen MR) is 125 cm³/mol. The van der Waals surface area contributed by atoms with Crippen molar-refractivity contribution >= 4 is 28.4 Å². The third-order valence-corrected chi connectivity index (χ3v) is 6.29. The fourth-order valence-electron chi connectivity index (χ4n) is 4.40. The van der Waals surface area contributed by atoms with Crippen molar-refractivity contribution in [2.45, 2.75) is 52.6 Å². The molecule has 5 nitrogen and oxygen atoms in total. The zero-order valence-corrected chi connectivity index (χ0v) is 18.8. The van der Waals surface area contributed by atoms with Gasteiger partial charge in [0.1, 0.15) is 11.2 Å². The zero-order chi connectivity index (χ0) is 22.2. The summed E-state index contributed by atoms with van der Waals surface area (Å²) in [4.78, 5) is 29.0. The van der Waals surface area contributed by atoms with Gasteiger partial charge < -0.3 is 9.88 Å². The van der Waals surface area contributed by atoms with Crippen LogP contribution in [0.5, 0.6) is 0 Å². The van der Waals surface area contributed by atoms with Crippen molar-refractivity contribution in [3.63, 3.8) is 0 Å². The van der Waals surface area contributed by atoms with Crippen molar-refractivity contribution in [1.29, 1.82) is 0 Å². The summed E-state index contributed by atoms with van der Waals surface area (Å²) in [6, 6.07) is 17.9. The lowest BCUT2D eigenvalue weighted by Gasteiger charge is -2.44. The molecule has 0 spiro atoms. The minimum absolute atomic E-state index is 0.121. The molecule has 0 radical (unpaired) electrons. The Morgan fingerprint density at radius 2 is 1.84 bits per heavy atom. The SMILES string of the molecule is CCc1ccc(N2C(=O)c3cc4ccccc4n3CC2(C)C(=O)NCCC(C)C)cc1. The molecule has 31 heavy (non-hydrogen) atoms. The maximum Gasteiger partial charge on any atom is 0.275 e. The van der Waals surface area contributed by atoms with Crippen molar-refractivity contribution < 1.29 is 9.59 Å². The maximum absolute atomic E-state index is 13.8. The first-order valence-electron chi connectivity index (χ1n) is 11.1. The maximum atomic E-state index is 13.8. The largest absolute Gasteiger partial charge is 0.354 e. The number of aryl methyl sites for hydroxylation is 1. The van der Waals surface area contributed by atoms with Gasteiger partial charge in [0, 0.05) is 23.1 Å². The van der Waals surface area contributed by atoms with E-state index < -0.39 is 5.54 Å². The second kappa shape index (κ2) is 8.22. The van der Waals surface area contributed by atoms with E-state index in [-0.39, 0.29) is 11.8 Å². The summed E-state index contributed by atoms with van der Waals surface area (Å²) in [5.41, 5.74) is 2.52. The summed E-state index contributed by atoms with van der Waals surface area (Å²) in [6.45, 7) is 9.26. The van der Waals surface area contributed by atoms with E-state index in [1.54, 1.807) is 4.90 Å². The number of aromatic nitrogens is 1. The van der Waals surface area contributed by atoms with Crippen LogP contribution in [0.4, 0.5) is 5.69 Å². The highest BCUT2D eigenvalue weighted by molar-refractivity contribution is 6.14. The summed E-state index contributed by atoms with van der Waals surface area (Å²) in [5, 5.41) is 4.10. The fourth-order valence-corrected chi connectivity index (χ4v) is 4.40. The van der Waals surface area contributed by atoms with Crippen LogP contribution in [0.3, 0.4) is 0 Å². The molecule has 2 aromatic carbocycles. The highest BCUT2D eigenvalue weighted by Crippen LogP contribution is 2.36. The van der Waals surface area contributed by atoms with E-state index in [9.17, 15) is 9.59 Å². The van der Waals surface area contributed by atoms with Crippen LogP contribution in [0.1, 0.15) is 50.2 Å². The van der Waals surface area contributed by atoms with Crippen LogP contribution in [0.15, 0.2) is 54.6 Å². The van der Waals surface area contributed by atoms with Gasteiger partial charge in [0.15, 0.2) is 0 Å². The molecule has 0 bridgehead atoms.